The molecule has 1 atom stereocenters. The van der Waals surface area contributed by atoms with Crippen LogP contribution in [-0.4, -0.2) is 23.2 Å². The van der Waals surface area contributed by atoms with Gasteiger partial charge in [-0.2, -0.15) is 13.2 Å². The van der Waals surface area contributed by atoms with Gasteiger partial charge in [0.15, 0.2) is 0 Å². The second-order valence-electron chi connectivity index (χ2n) is 8.51. The highest BCUT2D eigenvalue weighted by atomic mass is 32.2. The van der Waals surface area contributed by atoms with Gasteiger partial charge in [-0.1, -0.05) is 42.5 Å². The molecule has 1 aliphatic heterocycles. The lowest BCUT2D eigenvalue weighted by molar-refractivity contribution is -0.138. The van der Waals surface area contributed by atoms with Crippen LogP contribution in [0.1, 0.15) is 40.9 Å². The SMILES string of the molecule is CC(C)OC(=O)c1ccc(CC2Sc3ccccc3N(Cc3ccccc3C(F)(F)F)C2=O)cc1. The number of anilines is 1. The Morgan fingerprint density at radius 1 is 1.00 bits per heavy atom. The Morgan fingerprint density at radius 2 is 1.66 bits per heavy atom. The highest BCUT2D eigenvalue weighted by Gasteiger charge is 2.37. The smallest absolute Gasteiger partial charge is 0.416 e. The zero-order valence-corrected chi connectivity index (χ0v) is 20.0. The van der Waals surface area contributed by atoms with Crippen molar-refractivity contribution in [2.75, 3.05) is 4.90 Å². The van der Waals surface area contributed by atoms with E-state index in [1.807, 2.05) is 12.1 Å². The van der Waals surface area contributed by atoms with Crippen LogP contribution in [0.25, 0.3) is 0 Å². The molecule has 1 heterocycles. The van der Waals surface area contributed by atoms with Crippen LogP contribution >= 0.6 is 11.8 Å². The van der Waals surface area contributed by atoms with Crippen LogP contribution in [0.5, 0.6) is 0 Å². The average Bonchev–Trinajstić information content (AvgIpc) is 2.81. The fraction of sp³-hybridized carbons (Fsp3) is 0.259. The molecule has 3 aromatic carbocycles. The summed E-state index contributed by atoms with van der Waals surface area (Å²) in [7, 11) is 0. The van der Waals surface area contributed by atoms with Gasteiger partial charge in [0.25, 0.3) is 0 Å². The maximum Gasteiger partial charge on any atom is 0.416 e. The molecule has 35 heavy (non-hydrogen) atoms. The van der Waals surface area contributed by atoms with Crippen molar-refractivity contribution < 1.29 is 27.5 Å². The number of ether oxygens (including phenoxy) is 1. The number of hydrogen-bond donors (Lipinski definition) is 0. The molecular weight excluding hydrogens is 475 g/mol. The van der Waals surface area contributed by atoms with Gasteiger partial charge >= 0.3 is 12.1 Å². The number of fused-ring (bicyclic) bond motifs is 1. The number of rotatable bonds is 6. The van der Waals surface area contributed by atoms with Crippen molar-refractivity contribution in [3.8, 4) is 0 Å². The molecule has 0 saturated carbocycles. The quantitative estimate of drug-likeness (QED) is 0.362. The van der Waals surface area contributed by atoms with Crippen LogP contribution in [0.3, 0.4) is 0 Å². The summed E-state index contributed by atoms with van der Waals surface area (Å²) in [6.45, 7) is 3.37. The summed E-state index contributed by atoms with van der Waals surface area (Å²) in [4.78, 5) is 27.9. The third-order valence-corrected chi connectivity index (χ3v) is 6.82. The Kier molecular flexibility index (Phi) is 7.21. The number of carbonyl (C=O) groups excluding carboxylic acids is 2. The van der Waals surface area contributed by atoms with Gasteiger partial charge in [-0.25, -0.2) is 4.79 Å². The Hall–Kier alpha value is -3.26. The molecule has 0 saturated heterocycles. The molecule has 1 amide bonds. The maximum atomic E-state index is 13.6. The van der Waals surface area contributed by atoms with Crippen LogP contribution in [-0.2, 0) is 28.7 Å². The number of alkyl halides is 3. The third-order valence-electron chi connectivity index (χ3n) is 5.57. The van der Waals surface area contributed by atoms with Gasteiger partial charge in [0.1, 0.15) is 0 Å². The van der Waals surface area contributed by atoms with Crippen LogP contribution in [0.4, 0.5) is 18.9 Å². The van der Waals surface area contributed by atoms with Gasteiger partial charge in [-0.3, -0.25) is 4.79 Å². The lowest BCUT2D eigenvalue weighted by Crippen LogP contribution is -2.41. The van der Waals surface area contributed by atoms with E-state index < -0.39 is 23.0 Å². The maximum absolute atomic E-state index is 13.6. The van der Waals surface area contributed by atoms with Crippen LogP contribution in [0.15, 0.2) is 77.7 Å². The predicted molar refractivity (Wildman–Crippen MR) is 129 cm³/mol. The third kappa shape index (κ3) is 5.70. The fourth-order valence-corrected chi connectivity index (χ4v) is 5.21. The Morgan fingerprint density at radius 3 is 2.34 bits per heavy atom. The molecule has 0 fully saturated rings. The molecule has 3 aromatic rings. The minimum Gasteiger partial charge on any atom is -0.459 e. The monoisotopic (exact) mass is 499 g/mol. The van der Waals surface area contributed by atoms with E-state index in [4.69, 9.17) is 4.74 Å². The number of benzene rings is 3. The summed E-state index contributed by atoms with van der Waals surface area (Å²) in [5.41, 5.74) is 1.15. The van der Waals surface area contributed by atoms with E-state index in [0.29, 0.717) is 17.7 Å². The number of halogens is 3. The topological polar surface area (TPSA) is 46.6 Å². The first-order valence-corrected chi connectivity index (χ1v) is 12.0. The molecule has 0 spiro atoms. The number of esters is 1. The molecule has 1 aliphatic rings. The Labute approximate surface area is 206 Å². The normalized spacial score (nSPS) is 15.8. The van der Waals surface area contributed by atoms with Crippen LogP contribution in [0, 0.1) is 0 Å². The highest BCUT2D eigenvalue weighted by Crippen LogP contribution is 2.42. The standard InChI is InChI=1S/C27H24F3NO3S/c1-17(2)34-26(33)19-13-11-18(12-14-19)15-24-25(32)31(22-9-5-6-10-23(22)35-24)16-20-7-3-4-8-21(20)27(28,29)30/h3-14,17,24H,15-16H2,1-2H3. The molecule has 4 nitrogen and oxygen atoms in total. The Bertz CT molecular complexity index is 1220. The van der Waals surface area contributed by atoms with E-state index in [1.54, 1.807) is 56.3 Å². The highest BCUT2D eigenvalue weighted by molar-refractivity contribution is 8.01. The van der Waals surface area contributed by atoms with Crippen molar-refractivity contribution in [3.63, 3.8) is 0 Å². The molecule has 4 rings (SSSR count). The summed E-state index contributed by atoms with van der Waals surface area (Å²) in [6, 6.07) is 19.4. The van der Waals surface area contributed by atoms with Crippen LogP contribution < -0.4 is 4.90 Å². The molecule has 0 aromatic heterocycles. The number of carbonyl (C=O) groups is 2. The first kappa shape index (κ1) is 24.9. The van der Waals surface area contributed by atoms with Crippen LogP contribution in [0.2, 0.25) is 0 Å². The van der Waals surface area contributed by atoms with E-state index in [2.05, 4.69) is 0 Å². The summed E-state index contributed by atoms with van der Waals surface area (Å²) in [5.74, 6) is -0.674. The number of thioether (sulfide) groups is 1. The summed E-state index contributed by atoms with van der Waals surface area (Å²) in [6.07, 6.45) is -4.37. The van der Waals surface area contributed by atoms with Crippen molar-refractivity contribution in [3.05, 3.63) is 95.1 Å². The lowest BCUT2D eigenvalue weighted by atomic mass is 10.0. The minimum absolute atomic E-state index is 0.0434. The summed E-state index contributed by atoms with van der Waals surface area (Å²) in [5, 5.41) is -0.517. The number of amides is 1. The number of hydrogen-bond acceptors (Lipinski definition) is 4. The first-order chi connectivity index (χ1) is 16.6. The van der Waals surface area contributed by atoms with E-state index in [9.17, 15) is 22.8 Å². The van der Waals surface area contributed by atoms with Gasteiger partial charge < -0.3 is 9.64 Å². The van der Waals surface area contributed by atoms with E-state index >= 15 is 0 Å². The van der Waals surface area contributed by atoms with Gasteiger partial charge in [0, 0.05) is 4.90 Å². The zero-order valence-electron chi connectivity index (χ0n) is 19.2. The average molecular weight is 500 g/mol. The molecular formula is C27H24F3NO3S. The second kappa shape index (κ2) is 10.2. The van der Waals surface area contributed by atoms with Crippen molar-refractivity contribution in [2.24, 2.45) is 0 Å². The zero-order chi connectivity index (χ0) is 25.2. The molecule has 182 valence electrons. The number of nitrogens with zero attached hydrogens (tertiary/aromatic N) is 1. The van der Waals surface area contributed by atoms with Crippen molar-refractivity contribution in [1.29, 1.82) is 0 Å². The number of para-hydroxylation sites is 1. The minimum atomic E-state index is -4.51. The largest absolute Gasteiger partial charge is 0.459 e. The van der Waals surface area contributed by atoms with Gasteiger partial charge in [0.2, 0.25) is 5.91 Å². The van der Waals surface area contributed by atoms with Gasteiger partial charge in [0.05, 0.1) is 34.7 Å². The summed E-state index contributed by atoms with van der Waals surface area (Å²) < 4.78 is 45.9. The lowest BCUT2D eigenvalue weighted by Gasteiger charge is -2.34. The molecule has 0 bridgehead atoms. The molecule has 0 radical (unpaired) electrons. The van der Waals surface area contributed by atoms with E-state index in [-0.39, 0.29) is 24.1 Å². The second-order valence-corrected chi connectivity index (χ2v) is 9.75. The van der Waals surface area contributed by atoms with E-state index in [1.165, 1.54) is 28.8 Å². The van der Waals surface area contributed by atoms with Crippen molar-refractivity contribution in [2.45, 2.75) is 49.2 Å². The molecule has 8 heteroatoms. The molecule has 0 aliphatic carbocycles. The Balaban J connectivity index is 1.59. The van der Waals surface area contributed by atoms with E-state index in [0.717, 1.165) is 16.5 Å². The van der Waals surface area contributed by atoms with Crippen molar-refractivity contribution in [1.82, 2.24) is 0 Å². The molecule has 0 N–H and O–H groups in total. The van der Waals surface area contributed by atoms with Gasteiger partial charge in [-0.15, -0.1) is 11.8 Å². The van der Waals surface area contributed by atoms with Crippen molar-refractivity contribution >= 4 is 29.3 Å². The van der Waals surface area contributed by atoms with Gasteiger partial charge in [-0.05, 0) is 61.7 Å². The summed E-state index contributed by atoms with van der Waals surface area (Å²) >= 11 is 1.40. The first-order valence-electron chi connectivity index (χ1n) is 11.2. The molecule has 1 unspecified atom stereocenters. The fourth-order valence-electron chi connectivity index (χ4n) is 3.95. The predicted octanol–water partition coefficient (Wildman–Crippen LogP) is 6.52.